The number of benzene rings is 2. The van der Waals surface area contributed by atoms with Crippen LogP contribution in [-0.4, -0.2) is 6.03 Å². The summed E-state index contributed by atoms with van der Waals surface area (Å²) >= 11 is 3.38. The smallest absolute Gasteiger partial charge is 0.314 e. The number of urea groups is 1. The Kier molecular flexibility index (Phi) is 5.17. The summed E-state index contributed by atoms with van der Waals surface area (Å²) in [4.78, 5) is 11.8. The van der Waals surface area contributed by atoms with E-state index in [2.05, 4.69) is 26.6 Å². The molecule has 0 saturated heterocycles. The fourth-order valence-electron chi connectivity index (χ4n) is 1.82. The quantitative estimate of drug-likeness (QED) is 0.820. The first-order valence-corrected chi connectivity index (χ1v) is 7.41. The Hall–Kier alpha value is -2.07. The Bertz CT molecular complexity index is 663. The van der Waals surface area contributed by atoms with Gasteiger partial charge in [-0.15, -0.1) is 0 Å². The van der Waals surface area contributed by atoms with E-state index < -0.39 is 0 Å². The Labute approximate surface area is 133 Å². The zero-order valence-electron chi connectivity index (χ0n) is 12.0. The number of rotatable bonds is 3. The Morgan fingerprint density at radius 3 is 2.52 bits per heavy atom. The van der Waals surface area contributed by atoms with Crippen molar-refractivity contribution in [2.24, 2.45) is 0 Å². The van der Waals surface area contributed by atoms with Gasteiger partial charge >= 0.3 is 6.03 Å². The second kappa shape index (κ2) is 7.09. The number of amides is 2. The van der Waals surface area contributed by atoms with E-state index in [9.17, 15) is 4.79 Å². The van der Waals surface area contributed by atoms with E-state index in [1.54, 1.807) is 6.20 Å². The van der Waals surface area contributed by atoms with E-state index in [-0.39, 0.29) is 6.03 Å². The third-order valence-electron chi connectivity index (χ3n) is 3.00. The molecule has 2 aromatic carbocycles. The minimum absolute atomic E-state index is 0.253. The van der Waals surface area contributed by atoms with Crippen molar-refractivity contribution in [3.05, 3.63) is 69.8 Å². The molecule has 2 N–H and O–H groups in total. The van der Waals surface area contributed by atoms with Crippen LogP contribution in [0.25, 0.3) is 6.08 Å². The summed E-state index contributed by atoms with van der Waals surface area (Å²) in [7, 11) is 0. The normalized spacial score (nSPS) is 10.6. The number of aryl methyl sites for hydroxylation is 2. The van der Waals surface area contributed by atoms with Crippen LogP contribution in [0.1, 0.15) is 16.7 Å². The number of carbonyl (C=O) groups excluding carboxylic acids is 1. The maximum atomic E-state index is 11.8. The topological polar surface area (TPSA) is 41.1 Å². The monoisotopic (exact) mass is 344 g/mol. The minimum Gasteiger partial charge on any atom is -0.314 e. The predicted octanol–water partition coefficient (Wildman–Crippen LogP) is 4.86. The second-order valence-electron chi connectivity index (χ2n) is 4.80. The average Bonchev–Trinajstić information content (AvgIpc) is 2.45. The number of nitrogens with one attached hydrogen (secondary N) is 2. The van der Waals surface area contributed by atoms with Gasteiger partial charge in [-0.3, -0.25) is 0 Å². The van der Waals surface area contributed by atoms with Crippen LogP contribution in [0.3, 0.4) is 0 Å². The average molecular weight is 345 g/mol. The van der Waals surface area contributed by atoms with E-state index in [1.807, 2.05) is 62.4 Å². The van der Waals surface area contributed by atoms with Crippen molar-refractivity contribution >= 4 is 33.7 Å². The number of hydrogen-bond donors (Lipinski definition) is 2. The lowest BCUT2D eigenvalue weighted by atomic mass is 10.1. The fourth-order valence-corrected chi connectivity index (χ4v) is 2.08. The predicted molar refractivity (Wildman–Crippen MR) is 91.2 cm³/mol. The van der Waals surface area contributed by atoms with Crippen molar-refractivity contribution in [3.8, 4) is 0 Å². The van der Waals surface area contributed by atoms with Crippen LogP contribution in [0.2, 0.25) is 0 Å². The molecule has 0 saturated carbocycles. The zero-order valence-corrected chi connectivity index (χ0v) is 13.6. The van der Waals surface area contributed by atoms with Crippen LogP contribution < -0.4 is 10.6 Å². The molecule has 21 heavy (non-hydrogen) atoms. The summed E-state index contributed by atoms with van der Waals surface area (Å²) in [5, 5.41) is 5.54. The molecule has 108 valence electrons. The molecule has 0 bridgehead atoms. The molecule has 0 radical (unpaired) electrons. The van der Waals surface area contributed by atoms with Gasteiger partial charge in [-0.05, 0) is 54.8 Å². The molecular formula is C17H17BrN2O. The maximum Gasteiger partial charge on any atom is 0.323 e. The van der Waals surface area contributed by atoms with Crippen LogP contribution in [0.4, 0.5) is 10.5 Å². The molecule has 0 heterocycles. The molecule has 0 aliphatic rings. The molecule has 2 rings (SSSR count). The van der Waals surface area contributed by atoms with Crippen molar-refractivity contribution in [3.63, 3.8) is 0 Å². The van der Waals surface area contributed by atoms with Gasteiger partial charge in [0.15, 0.2) is 0 Å². The summed E-state index contributed by atoms with van der Waals surface area (Å²) in [6.07, 6.45) is 3.47. The zero-order chi connectivity index (χ0) is 15.2. The van der Waals surface area contributed by atoms with Crippen molar-refractivity contribution in [2.45, 2.75) is 13.8 Å². The summed E-state index contributed by atoms with van der Waals surface area (Å²) in [6.45, 7) is 3.96. The van der Waals surface area contributed by atoms with Gasteiger partial charge in [0.2, 0.25) is 0 Å². The SMILES string of the molecule is Cc1ccc(C)c(NC(=O)N/C=C/c2ccc(Br)cc2)c1. The Morgan fingerprint density at radius 1 is 1.10 bits per heavy atom. The lowest BCUT2D eigenvalue weighted by Gasteiger charge is -2.08. The van der Waals surface area contributed by atoms with Crippen LogP contribution in [-0.2, 0) is 0 Å². The van der Waals surface area contributed by atoms with E-state index in [0.29, 0.717) is 0 Å². The molecule has 0 atom stereocenters. The van der Waals surface area contributed by atoms with Crippen molar-refractivity contribution < 1.29 is 4.79 Å². The number of carbonyl (C=O) groups is 1. The lowest BCUT2D eigenvalue weighted by molar-refractivity contribution is 0.255. The first-order chi connectivity index (χ1) is 10.0. The fraction of sp³-hybridized carbons (Fsp3) is 0.118. The van der Waals surface area contributed by atoms with Crippen LogP contribution in [0, 0.1) is 13.8 Å². The Morgan fingerprint density at radius 2 is 1.81 bits per heavy atom. The largest absolute Gasteiger partial charge is 0.323 e. The van der Waals surface area contributed by atoms with Gasteiger partial charge in [0, 0.05) is 16.4 Å². The van der Waals surface area contributed by atoms with Crippen LogP contribution in [0.5, 0.6) is 0 Å². The summed E-state index contributed by atoms with van der Waals surface area (Å²) < 4.78 is 1.03. The molecule has 3 nitrogen and oxygen atoms in total. The van der Waals surface area contributed by atoms with Crippen molar-refractivity contribution in [1.82, 2.24) is 5.32 Å². The molecule has 2 amide bonds. The highest BCUT2D eigenvalue weighted by Crippen LogP contribution is 2.16. The highest BCUT2D eigenvalue weighted by Gasteiger charge is 2.02. The first-order valence-electron chi connectivity index (χ1n) is 6.61. The number of halogens is 1. The van der Waals surface area contributed by atoms with Gasteiger partial charge < -0.3 is 10.6 Å². The number of anilines is 1. The summed E-state index contributed by atoms with van der Waals surface area (Å²) in [5.41, 5.74) is 3.99. The van der Waals surface area contributed by atoms with Gasteiger partial charge in [0.25, 0.3) is 0 Å². The molecular weight excluding hydrogens is 328 g/mol. The molecule has 0 aliphatic carbocycles. The van der Waals surface area contributed by atoms with Gasteiger partial charge in [-0.25, -0.2) is 4.79 Å². The lowest BCUT2D eigenvalue weighted by Crippen LogP contribution is -2.24. The van der Waals surface area contributed by atoms with Crippen molar-refractivity contribution in [1.29, 1.82) is 0 Å². The van der Waals surface area contributed by atoms with Gasteiger partial charge in [0.05, 0.1) is 0 Å². The first kappa shape index (κ1) is 15.3. The van der Waals surface area contributed by atoms with Gasteiger partial charge in [-0.2, -0.15) is 0 Å². The van der Waals surface area contributed by atoms with Gasteiger partial charge in [0.1, 0.15) is 0 Å². The number of hydrogen-bond acceptors (Lipinski definition) is 1. The summed E-state index contributed by atoms with van der Waals surface area (Å²) in [5.74, 6) is 0. The van der Waals surface area contributed by atoms with Crippen LogP contribution >= 0.6 is 15.9 Å². The van der Waals surface area contributed by atoms with Gasteiger partial charge in [-0.1, -0.05) is 40.2 Å². The molecule has 0 fully saturated rings. The molecule has 4 heteroatoms. The van der Waals surface area contributed by atoms with E-state index in [4.69, 9.17) is 0 Å². The standard InChI is InChI=1S/C17H17BrN2O/c1-12-3-4-13(2)16(11-12)20-17(21)19-10-9-14-5-7-15(18)8-6-14/h3-11H,1-2H3,(H2,19,20,21)/b10-9+. The third-order valence-corrected chi connectivity index (χ3v) is 3.53. The molecule has 2 aromatic rings. The Balaban J connectivity index is 1.93. The maximum absolute atomic E-state index is 11.8. The highest BCUT2D eigenvalue weighted by atomic mass is 79.9. The minimum atomic E-state index is -0.253. The molecule has 0 spiro atoms. The molecule has 0 aromatic heterocycles. The second-order valence-corrected chi connectivity index (χ2v) is 5.72. The molecule has 0 unspecified atom stereocenters. The third kappa shape index (κ3) is 4.76. The molecule has 0 aliphatic heterocycles. The highest BCUT2D eigenvalue weighted by molar-refractivity contribution is 9.10. The van der Waals surface area contributed by atoms with E-state index >= 15 is 0 Å². The van der Waals surface area contributed by atoms with Crippen LogP contribution in [0.15, 0.2) is 53.1 Å². The van der Waals surface area contributed by atoms with E-state index in [1.165, 1.54) is 0 Å². The van der Waals surface area contributed by atoms with E-state index in [0.717, 1.165) is 26.9 Å². The summed E-state index contributed by atoms with van der Waals surface area (Å²) in [6, 6.07) is 13.5. The van der Waals surface area contributed by atoms with Crippen molar-refractivity contribution in [2.75, 3.05) is 5.32 Å².